The molecule has 1 amide bonds. The Hall–Kier alpha value is -3.21. The van der Waals surface area contributed by atoms with E-state index in [0.717, 1.165) is 35.3 Å². The molecule has 0 spiro atoms. The Morgan fingerprint density at radius 3 is 2.25 bits per heavy atom. The van der Waals surface area contributed by atoms with E-state index < -0.39 is 0 Å². The second kappa shape index (κ2) is 9.13. The maximum Gasteiger partial charge on any atom is 0.244 e. The first-order valence-corrected chi connectivity index (χ1v) is 9.19. The summed E-state index contributed by atoms with van der Waals surface area (Å²) in [5, 5.41) is 2.95. The fraction of sp³-hybridized carbons (Fsp3) is 0.261. The van der Waals surface area contributed by atoms with E-state index in [2.05, 4.69) is 5.32 Å². The molecule has 1 saturated carbocycles. The maximum atomic E-state index is 12.0. The van der Waals surface area contributed by atoms with Crippen LogP contribution in [0.1, 0.15) is 29.5 Å². The summed E-state index contributed by atoms with van der Waals surface area (Å²) in [5.74, 6) is 2.05. The summed E-state index contributed by atoms with van der Waals surface area (Å²) < 4.78 is 16.1. The van der Waals surface area contributed by atoms with E-state index in [9.17, 15) is 4.79 Å². The number of hydrogen-bond acceptors (Lipinski definition) is 4. The standard InChI is InChI=1S/C23H25NO4/c1-26-19-10-5-16(6-11-19)4-7-17-14-20(27-2)15-22(28-3)21(17)12-13-23(25)24-18-8-9-18/h4-7,10-15,18H,8-9H2,1-3H3,(H,24,25)/b7-4+,13-12+. The van der Waals surface area contributed by atoms with E-state index in [0.29, 0.717) is 17.5 Å². The van der Waals surface area contributed by atoms with Crippen molar-refractivity contribution in [3.05, 3.63) is 59.2 Å². The first kappa shape index (κ1) is 19.5. The fourth-order valence-corrected chi connectivity index (χ4v) is 2.76. The van der Waals surface area contributed by atoms with E-state index in [-0.39, 0.29) is 5.91 Å². The molecule has 0 atom stereocenters. The van der Waals surface area contributed by atoms with Gasteiger partial charge in [-0.2, -0.15) is 0 Å². The lowest BCUT2D eigenvalue weighted by molar-refractivity contribution is -0.116. The van der Waals surface area contributed by atoms with Gasteiger partial charge in [-0.25, -0.2) is 0 Å². The zero-order valence-electron chi connectivity index (χ0n) is 16.4. The van der Waals surface area contributed by atoms with Crippen LogP contribution < -0.4 is 19.5 Å². The van der Waals surface area contributed by atoms with Crippen molar-refractivity contribution in [2.75, 3.05) is 21.3 Å². The Kier molecular flexibility index (Phi) is 6.37. The average molecular weight is 379 g/mol. The molecule has 5 nitrogen and oxygen atoms in total. The molecule has 0 aromatic heterocycles. The van der Waals surface area contributed by atoms with Gasteiger partial charge in [0.1, 0.15) is 17.2 Å². The molecular weight excluding hydrogens is 354 g/mol. The van der Waals surface area contributed by atoms with Gasteiger partial charge in [-0.05, 0) is 48.2 Å². The number of benzene rings is 2. The summed E-state index contributed by atoms with van der Waals surface area (Å²) in [5.41, 5.74) is 2.74. The van der Waals surface area contributed by atoms with E-state index >= 15 is 0 Å². The van der Waals surface area contributed by atoms with Gasteiger partial charge in [0.05, 0.1) is 21.3 Å². The van der Waals surface area contributed by atoms with Gasteiger partial charge in [-0.15, -0.1) is 0 Å². The van der Waals surface area contributed by atoms with Crippen LogP contribution in [0, 0.1) is 0 Å². The third-order valence-corrected chi connectivity index (χ3v) is 4.50. The summed E-state index contributed by atoms with van der Waals surface area (Å²) in [6.07, 6.45) is 9.42. The van der Waals surface area contributed by atoms with Crippen molar-refractivity contribution in [3.63, 3.8) is 0 Å². The number of carbonyl (C=O) groups is 1. The van der Waals surface area contributed by atoms with Gasteiger partial charge in [0.15, 0.2) is 0 Å². The van der Waals surface area contributed by atoms with Crippen LogP contribution in [0.5, 0.6) is 17.2 Å². The second-order valence-electron chi connectivity index (χ2n) is 6.56. The zero-order chi connectivity index (χ0) is 19.9. The highest BCUT2D eigenvalue weighted by Crippen LogP contribution is 2.31. The van der Waals surface area contributed by atoms with E-state index in [1.54, 1.807) is 33.5 Å². The molecule has 0 unspecified atom stereocenters. The van der Waals surface area contributed by atoms with Crippen LogP contribution >= 0.6 is 0 Å². The van der Waals surface area contributed by atoms with Crippen LogP contribution in [0.25, 0.3) is 18.2 Å². The van der Waals surface area contributed by atoms with Gasteiger partial charge in [-0.3, -0.25) is 4.79 Å². The number of nitrogens with one attached hydrogen (secondary N) is 1. The molecule has 1 fully saturated rings. The van der Waals surface area contributed by atoms with Crippen molar-refractivity contribution < 1.29 is 19.0 Å². The van der Waals surface area contributed by atoms with Crippen LogP contribution in [0.4, 0.5) is 0 Å². The van der Waals surface area contributed by atoms with Crippen molar-refractivity contribution >= 4 is 24.1 Å². The van der Waals surface area contributed by atoms with Crippen molar-refractivity contribution in [2.45, 2.75) is 18.9 Å². The molecule has 1 aliphatic carbocycles. The fourth-order valence-electron chi connectivity index (χ4n) is 2.76. The van der Waals surface area contributed by atoms with Gasteiger partial charge >= 0.3 is 0 Å². The number of rotatable bonds is 8. The first-order valence-electron chi connectivity index (χ1n) is 9.19. The normalized spacial score (nSPS) is 13.7. The van der Waals surface area contributed by atoms with E-state index in [4.69, 9.17) is 14.2 Å². The van der Waals surface area contributed by atoms with Crippen molar-refractivity contribution in [1.29, 1.82) is 0 Å². The minimum Gasteiger partial charge on any atom is -0.497 e. The molecule has 1 aliphatic rings. The largest absolute Gasteiger partial charge is 0.497 e. The molecule has 0 saturated heterocycles. The lowest BCUT2D eigenvalue weighted by atomic mass is 10.0. The first-order chi connectivity index (χ1) is 13.6. The molecule has 3 rings (SSSR count). The van der Waals surface area contributed by atoms with Gasteiger partial charge in [-0.1, -0.05) is 24.3 Å². The number of hydrogen-bond donors (Lipinski definition) is 1. The molecular formula is C23H25NO4. The monoisotopic (exact) mass is 379 g/mol. The summed E-state index contributed by atoms with van der Waals surface area (Å²) in [4.78, 5) is 12.0. The van der Waals surface area contributed by atoms with Gasteiger partial charge in [0, 0.05) is 23.7 Å². The lowest BCUT2D eigenvalue weighted by Crippen LogP contribution is -2.22. The molecule has 2 aromatic rings. The Labute approximate surface area is 165 Å². The molecule has 5 heteroatoms. The minimum absolute atomic E-state index is 0.0922. The molecule has 2 aromatic carbocycles. The molecule has 0 bridgehead atoms. The summed E-state index contributed by atoms with van der Waals surface area (Å²) in [7, 11) is 4.86. The minimum atomic E-state index is -0.0922. The SMILES string of the molecule is COc1ccc(/C=C/c2cc(OC)cc(OC)c2/C=C/C(=O)NC2CC2)cc1. The van der Waals surface area contributed by atoms with Gasteiger partial charge < -0.3 is 19.5 Å². The molecule has 146 valence electrons. The Bertz CT molecular complexity index is 880. The Morgan fingerprint density at radius 2 is 1.64 bits per heavy atom. The Morgan fingerprint density at radius 1 is 0.929 bits per heavy atom. The zero-order valence-corrected chi connectivity index (χ0v) is 16.4. The predicted molar refractivity (Wildman–Crippen MR) is 112 cm³/mol. The van der Waals surface area contributed by atoms with Crippen molar-refractivity contribution in [1.82, 2.24) is 5.32 Å². The summed E-state index contributed by atoms with van der Waals surface area (Å²) in [6, 6.07) is 11.8. The summed E-state index contributed by atoms with van der Waals surface area (Å²) in [6.45, 7) is 0. The Balaban J connectivity index is 1.90. The number of carbonyl (C=O) groups excluding carboxylic acids is 1. The molecule has 0 heterocycles. The van der Waals surface area contributed by atoms with Crippen LogP contribution in [0.15, 0.2) is 42.5 Å². The van der Waals surface area contributed by atoms with Crippen LogP contribution in [0.2, 0.25) is 0 Å². The smallest absolute Gasteiger partial charge is 0.244 e. The summed E-state index contributed by atoms with van der Waals surface area (Å²) >= 11 is 0. The third kappa shape index (κ3) is 5.16. The third-order valence-electron chi connectivity index (χ3n) is 4.50. The van der Waals surface area contributed by atoms with Crippen molar-refractivity contribution in [2.24, 2.45) is 0 Å². The molecule has 0 aliphatic heterocycles. The highest BCUT2D eigenvalue weighted by molar-refractivity contribution is 5.93. The van der Waals surface area contributed by atoms with Gasteiger partial charge in [0.25, 0.3) is 0 Å². The van der Waals surface area contributed by atoms with Crippen LogP contribution in [-0.2, 0) is 4.79 Å². The molecule has 0 radical (unpaired) electrons. The lowest BCUT2D eigenvalue weighted by Gasteiger charge is -2.11. The van der Waals surface area contributed by atoms with E-state index in [1.165, 1.54) is 0 Å². The van der Waals surface area contributed by atoms with Crippen LogP contribution in [-0.4, -0.2) is 33.3 Å². The van der Waals surface area contributed by atoms with E-state index in [1.807, 2.05) is 48.6 Å². The quantitative estimate of drug-likeness (QED) is 0.552. The average Bonchev–Trinajstić information content (AvgIpc) is 3.54. The molecule has 28 heavy (non-hydrogen) atoms. The second-order valence-corrected chi connectivity index (χ2v) is 6.56. The maximum absolute atomic E-state index is 12.0. The number of amides is 1. The number of methoxy groups -OCH3 is 3. The molecule has 1 N–H and O–H groups in total. The van der Waals surface area contributed by atoms with Gasteiger partial charge in [0.2, 0.25) is 5.91 Å². The predicted octanol–water partition coefficient (Wildman–Crippen LogP) is 4.17. The highest BCUT2D eigenvalue weighted by atomic mass is 16.5. The highest BCUT2D eigenvalue weighted by Gasteiger charge is 2.22. The van der Waals surface area contributed by atoms with Crippen LogP contribution in [0.3, 0.4) is 0 Å². The number of ether oxygens (including phenoxy) is 3. The van der Waals surface area contributed by atoms with Crippen molar-refractivity contribution in [3.8, 4) is 17.2 Å². The topological polar surface area (TPSA) is 56.8 Å².